The first kappa shape index (κ1) is 16.1. The SMILES string of the molecule is CSC(C)(C)CNC(=O)C1(N)CCCC1.Cl. The van der Waals surface area contributed by atoms with Gasteiger partial charge in [0, 0.05) is 11.3 Å². The molecule has 3 N–H and O–H groups in total. The van der Waals surface area contributed by atoms with Gasteiger partial charge in [0.05, 0.1) is 5.54 Å². The van der Waals surface area contributed by atoms with Gasteiger partial charge in [-0.05, 0) is 32.9 Å². The van der Waals surface area contributed by atoms with Gasteiger partial charge in [-0.2, -0.15) is 11.8 Å². The zero-order chi connectivity index (χ0) is 11.5. The molecule has 0 radical (unpaired) electrons. The molecule has 1 rings (SSSR count). The fourth-order valence-corrected chi connectivity index (χ4v) is 1.99. The van der Waals surface area contributed by atoms with E-state index in [0.717, 1.165) is 25.7 Å². The highest BCUT2D eigenvalue weighted by atomic mass is 35.5. The predicted molar refractivity (Wildman–Crippen MR) is 73.2 cm³/mol. The van der Waals surface area contributed by atoms with Gasteiger partial charge in [0.1, 0.15) is 0 Å². The molecule has 1 aliphatic rings. The summed E-state index contributed by atoms with van der Waals surface area (Å²) in [5.41, 5.74) is 5.47. The van der Waals surface area contributed by atoms with E-state index in [2.05, 4.69) is 25.4 Å². The van der Waals surface area contributed by atoms with Crippen LogP contribution in [0.15, 0.2) is 0 Å². The molecule has 0 saturated heterocycles. The Morgan fingerprint density at radius 3 is 2.38 bits per heavy atom. The van der Waals surface area contributed by atoms with Crippen LogP contribution in [0.25, 0.3) is 0 Å². The molecule has 16 heavy (non-hydrogen) atoms. The molecule has 0 aromatic rings. The quantitative estimate of drug-likeness (QED) is 0.818. The van der Waals surface area contributed by atoms with E-state index in [1.54, 1.807) is 11.8 Å². The summed E-state index contributed by atoms with van der Waals surface area (Å²) in [5, 5.41) is 2.97. The number of thioether (sulfide) groups is 1. The smallest absolute Gasteiger partial charge is 0.240 e. The van der Waals surface area contributed by atoms with Gasteiger partial charge in [-0.1, -0.05) is 12.8 Å². The predicted octanol–water partition coefficient (Wildman–Crippen LogP) is 1.94. The number of rotatable bonds is 4. The van der Waals surface area contributed by atoms with E-state index in [9.17, 15) is 4.79 Å². The van der Waals surface area contributed by atoms with Crippen LogP contribution in [0.3, 0.4) is 0 Å². The molecule has 0 unspecified atom stereocenters. The minimum atomic E-state index is -0.589. The van der Waals surface area contributed by atoms with Crippen LogP contribution in [0.5, 0.6) is 0 Å². The topological polar surface area (TPSA) is 55.1 Å². The molecule has 96 valence electrons. The lowest BCUT2D eigenvalue weighted by Gasteiger charge is -2.27. The second-order valence-corrected chi connectivity index (χ2v) is 6.52. The van der Waals surface area contributed by atoms with E-state index >= 15 is 0 Å². The summed E-state index contributed by atoms with van der Waals surface area (Å²) >= 11 is 1.75. The molecule has 1 saturated carbocycles. The number of nitrogens with two attached hydrogens (primary N) is 1. The van der Waals surface area contributed by atoms with E-state index in [1.807, 2.05) is 0 Å². The third-order valence-corrected chi connectivity index (χ3v) is 4.42. The van der Waals surface area contributed by atoms with Crippen LogP contribution in [-0.4, -0.2) is 29.0 Å². The van der Waals surface area contributed by atoms with Crippen molar-refractivity contribution in [2.24, 2.45) is 5.73 Å². The maximum atomic E-state index is 11.9. The van der Waals surface area contributed by atoms with Gasteiger partial charge in [0.25, 0.3) is 0 Å². The lowest BCUT2D eigenvalue weighted by molar-refractivity contribution is -0.126. The standard InChI is InChI=1S/C11H22N2OS.ClH/c1-10(2,15-3)8-13-9(14)11(12)6-4-5-7-11;/h4-8,12H2,1-3H3,(H,13,14);1H. The number of halogens is 1. The molecule has 0 aromatic heterocycles. The average molecular weight is 267 g/mol. The summed E-state index contributed by atoms with van der Waals surface area (Å²) < 4.78 is 0.0879. The first-order valence-corrected chi connectivity index (χ1v) is 6.74. The molecule has 0 aliphatic heterocycles. The monoisotopic (exact) mass is 266 g/mol. The summed E-state index contributed by atoms with van der Waals surface area (Å²) in [6.45, 7) is 4.93. The van der Waals surface area contributed by atoms with E-state index in [0.29, 0.717) is 6.54 Å². The lowest BCUT2D eigenvalue weighted by atomic mass is 9.98. The summed E-state index contributed by atoms with van der Waals surface area (Å²) in [6.07, 6.45) is 5.88. The van der Waals surface area contributed by atoms with Gasteiger partial charge in [0.2, 0.25) is 5.91 Å². The Balaban J connectivity index is 0.00000225. The Labute approximate surface area is 109 Å². The zero-order valence-corrected chi connectivity index (χ0v) is 12.0. The Kier molecular flexibility index (Phi) is 6.15. The molecule has 0 bridgehead atoms. The van der Waals surface area contributed by atoms with Crippen LogP contribution < -0.4 is 11.1 Å². The molecule has 0 aromatic carbocycles. The molecule has 3 nitrogen and oxygen atoms in total. The molecule has 0 heterocycles. The van der Waals surface area contributed by atoms with Crippen LogP contribution in [0.1, 0.15) is 39.5 Å². The number of hydrogen-bond donors (Lipinski definition) is 2. The van der Waals surface area contributed by atoms with Crippen molar-refractivity contribution in [3.05, 3.63) is 0 Å². The van der Waals surface area contributed by atoms with Crippen molar-refractivity contribution in [2.75, 3.05) is 12.8 Å². The van der Waals surface area contributed by atoms with Gasteiger partial charge in [-0.3, -0.25) is 4.79 Å². The molecule has 1 aliphatic carbocycles. The second-order valence-electron chi connectivity index (χ2n) is 5.01. The van der Waals surface area contributed by atoms with Gasteiger partial charge < -0.3 is 11.1 Å². The maximum absolute atomic E-state index is 11.9. The van der Waals surface area contributed by atoms with Gasteiger partial charge in [-0.15, -0.1) is 12.4 Å². The van der Waals surface area contributed by atoms with Crippen molar-refractivity contribution in [3.63, 3.8) is 0 Å². The van der Waals surface area contributed by atoms with Crippen molar-refractivity contribution < 1.29 is 4.79 Å². The highest BCUT2D eigenvalue weighted by Crippen LogP contribution is 2.27. The molecule has 0 spiro atoms. The highest BCUT2D eigenvalue weighted by Gasteiger charge is 2.37. The van der Waals surface area contributed by atoms with Crippen LogP contribution in [0.2, 0.25) is 0 Å². The van der Waals surface area contributed by atoms with Gasteiger partial charge >= 0.3 is 0 Å². The maximum Gasteiger partial charge on any atom is 0.240 e. The fourth-order valence-electron chi connectivity index (χ4n) is 1.77. The fraction of sp³-hybridized carbons (Fsp3) is 0.909. The molecule has 0 atom stereocenters. The van der Waals surface area contributed by atoms with Crippen LogP contribution >= 0.6 is 24.2 Å². The van der Waals surface area contributed by atoms with Crippen molar-refractivity contribution in [1.82, 2.24) is 5.32 Å². The van der Waals surface area contributed by atoms with Crippen LogP contribution in [0.4, 0.5) is 0 Å². The van der Waals surface area contributed by atoms with Gasteiger partial charge in [-0.25, -0.2) is 0 Å². The Morgan fingerprint density at radius 2 is 1.94 bits per heavy atom. The molecule has 1 fully saturated rings. The van der Waals surface area contributed by atoms with Crippen molar-refractivity contribution in [1.29, 1.82) is 0 Å². The first-order valence-electron chi connectivity index (χ1n) is 5.52. The Hall–Kier alpha value is 0.0700. The van der Waals surface area contributed by atoms with Crippen molar-refractivity contribution in [2.45, 2.75) is 49.8 Å². The molecule has 5 heteroatoms. The highest BCUT2D eigenvalue weighted by molar-refractivity contribution is 7.99. The van der Waals surface area contributed by atoms with Crippen molar-refractivity contribution >= 4 is 30.1 Å². The van der Waals surface area contributed by atoms with E-state index in [1.165, 1.54) is 0 Å². The lowest BCUT2D eigenvalue weighted by Crippen LogP contribution is -2.53. The third kappa shape index (κ3) is 4.15. The number of hydrogen-bond acceptors (Lipinski definition) is 3. The third-order valence-electron chi connectivity index (χ3n) is 3.18. The normalized spacial score (nSPS) is 19.0. The number of carbonyl (C=O) groups excluding carboxylic acids is 1. The minimum absolute atomic E-state index is 0. The van der Waals surface area contributed by atoms with Crippen LogP contribution in [0, 0.1) is 0 Å². The van der Waals surface area contributed by atoms with Crippen molar-refractivity contribution in [3.8, 4) is 0 Å². The summed E-state index contributed by atoms with van der Waals surface area (Å²) in [6, 6.07) is 0. The largest absolute Gasteiger partial charge is 0.353 e. The van der Waals surface area contributed by atoms with E-state index in [4.69, 9.17) is 5.73 Å². The molecular weight excluding hydrogens is 244 g/mol. The molecular formula is C11H23ClN2OS. The number of amides is 1. The Bertz CT molecular complexity index is 240. The van der Waals surface area contributed by atoms with E-state index < -0.39 is 5.54 Å². The van der Waals surface area contributed by atoms with Crippen LogP contribution in [-0.2, 0) is 4.79 Å². The minimum Gasteiger partial charge on any atom is -0.353 e. The van der Waals surface area contributed by atoms with Gasteiger partial charge in [0.15, 0.2) is 0 Å². The Morgan fingerprint density at radius 1 is 1.44 bits per heavy atom. The second kappa shape index (κ2) is 6.12. The zero-order valence-electron chi connectivity index (χ0n) is 10.3. The number of nitrogens with one attached hydrogen (secondary N) is 1. The first-order chi connectivity index (χ1) is 6.90. The molecule has 1 amide bonds. The van der Waals surface area contributed by atoms with E-state index in [-0.39, 0.29) is 23.1 Å². The average Bonchev–Trinajstić information content (AvgIpc) is 2.63. The summed E-state index contributed by atoms with van der Waals surface area (Å²) in [5.74, 6) is 0.0297. The summed E-state index contributed by atoms with van der Waals surface area (Å²) in [4.78, 5) is 11.9. The summed E-state index contributed by atoms with van der Waals surface area (Å²) in [7, 11) is 0. The number of carbonyl (C=O) groups is 1.